The highest BCUT2D eigenvalue weighted by atomic mass is 16.6. The van der Waals surface area contributed by atoms with E-state index in [-0.39, 0.29) is 24.4 Å². The molecule has 5 nitrogen and oxygen atoms in total. The zero-order chi connectivity index (χ0) is 15.6. The summed E-state index contributed by atoms with van der Waals surface area (Å²) in [5, 5.41) is 9.63. The maximum atomic E-state index is 9.63. The summed E-state index contributed by atoms with van der Waals surface area (Å²) in [4.78, 5) is 0. The van der Waals surface area contributed by atoms with Gasteiger partial charge in [0.25, 0.3) is 0 Å². The molecule has 0 saturated heterocycles. The topological polar surface area (TPSA) is 57.2 Å². The Bertz CT molecular complexity index is 229. The van der Waals surface area contributed by atoms with Gasteiger partial charge in [-0.25, -0.2) is 0 Å². The first-order valence-corrected chi connectivity index (χ1v) is 7.21. The van der Waals surface area contributed by atoms with Crippen molar-refractivity contribution in [1.82, 2.24) is 0 Å². The van der Waals surface area contributed by atoms with Crippen molar-refractivity contribution in [3.8, 4) is 0 Å². The number of aliphatic hydroxyl groups excluding tert-OH is 1. The van der Waals surface area contributed by atoms with Crippen LogP contribution in [0.3, 0.4) is 0 Å². The van der Waals surface area contributed by atoms with E-state index in [1.54, 1.807) is 0 Å². The van der Waals surface area contributed by atoms with Crippen LogP contribution in [0.25, 0.3) is 0 Å². The van der Waals surface area contributed by atoms with Crippen LogP contribution in [-0.4, -0.2) is 62.1 Å². The van der Waals surface area contributed by atoms with Crippen molar-refractivity contribution < 1.29 is 24.1 Å². The lowest BCUT2D eigenvalue weighted by atomic mass is 10.2. The molecular formula is C15H32O5. The fourth-order valence-electron chi connectivity index (χ4n) is 1.24. The van der Waals surface area contributed by atoms with E-state index < -0.39 is 6.10 Å². The van der Waals surface area contributed by atoms with Crippen LogP contribution in [0, 0.1) is 0 Å². The van der Waals surface area contributed by atoms with Gasteiger partial charge in [0.1, 0.15) is 6.10 Å². The number of aliphatic hydroxyl groups is 1. The first-order valence-electron chi connectivity index (χ1n) is 7.21. The standard InChI is InChI=1S/C15H32O5/c1-14(2,3)19-10-9-17-7-8-18-11-13(16)12-20-15(4,5)6/h13,16H,7-12H2,1-6H3. The highest BCUT2D eigenvalue weighted by molar-refractivity contribution is 4.61. The van der Waals surface area contributed by atoms with Crippen LogP contribution in [0.4, 0.5) is 0 Å². The number of hydrogen-bond acceptors (Lipinski definition) is 5. The maximum absolute atomic E-state index is 9.63. The number of rotatable bonds is 10. The predicted octanol–water partition coefficient (Wildman–Crippen LogP) is 2.01. The second-order valence-corrected chi connectivity index (χ2v) is 6.73. The largest absolute Gasteiger partial charge is 0.388 e. The van der Waals surface area contributed by atoms with Crippen LogP contribution in [0.1, 0.15) is 41.5 Å². The van der Waals surface area contributed by atoms with E-state index in [9.17, 15) is 5.11 Å². The minimum absolute atomic E-state index is 0.128. The van der Waals surface area contributed by atoms with E-state index in [4.69, 9.17) is 18.9 Å². The van der Waals surface area contributed by atoms with E-state index in [1.807, 2.05) is 41.5 Å². The molecule has 0 fully saturated rings. The zero-order valence-electron chi connectivity index (χ0n) is 13.9. The van der Waals surface area contributed by atoms with Gasteiger partial charge in [0.15, 0.2) is 0 Å². The average molecular weight is 292 g/mol. The Hall–Kier alpha value is -0.200. The third-order valence-corrected chi connectivity index (χ3v) is 2.15. The summed E-state index contributed by atoms with van der Waals surface area (Å²) in [7, 11) is 0. The predicted molar refractivity (Wildman–Crippen MR) is 79.1 cm³/mol. The summed E-state index contributed by atoms with van der Waals surface area (Å²) in [6, 6.07) is 0. The first-order chi connectivity index (χ1) is 9.10. The molecule has 1 N–H and O–H groups in total. The fraction of sp³-hybridized carbons (Fsp3) is 1.00. The molecule has 1 atom stereocenters. The van der Waals surface area contributed by atoms with Gasteiger partial charge in [0.05, 0.1) is 50.8 Å². The van der Waals surface area contributed by atoms with E-state index in [0.29, 0.717) is 26.4 Å². The molecular weight excluding hydrogens is 260 g/mol. The first kappa shape index (κ1) is 19.8. The van der Waals surface area contributed by atoms with Crippen molar-refractivity contribution in [1.29, 1.82) is 0 Å². The van der Waals surface area contributed by atoms with Crippen LogP contribution in [0.15, 0.2) is 0 Å². The van der Waals surface area contributed by atoms with Gasteiger partial charge in [-0.2, -0.15) is 0 Å². The SMILES string of the molecule is CC(C)(C)OCCOCCOCC(O)COC(C)(C)C. The van der Waals surface area contributed by atoms with Crippen LogP contribution >= 0.6 is 0 Å². The Morgan fingerprint density at radius 2 is 1.20 bits per heavy atom. The van der Waals surface area contributed by atoms with E-state index >= 15 is 0 Å². The van der Waals surface area contributed by atoms with Crippen molar-refractivity contribution >= 4 is 0 Å². The third kappa shape index (κ3) is 15.9. The van der Waals surface area contributed by atoms with Crippen molar-refractivity contribution in [2.24, 2.45) is 0 Å². The molecule has 0 bridgehead atoms. The molecule has 1 unspecified atom stereocenters. The van der Waals surface area contributed by atoms with Gasteiger partial charge in [0, 0.05) is 0 Å². The van der Waals surface area contributed by atoms with Crippen LogP contribution < -0.4 is 0 Å². The molecule has 0 aromatic rings. The highest BCUT2D eigenvalue weighted by Gasteiger charge is 2.13. The summed E-state index contributed by atoms with van der Waals surface area (Å²) in [5.74, 6) is 0. The Labute approximate surface area is 123 Å². The van der Waals surface area contributed by atoms with E-state index in [0.717, 1.165) is 0 Å². The summed E-state index contributed by atoms with van der Waals surface area (Å²) in [6.45, 7) is 14.5. The molecule has 122 valence electrons. The Kier molecular flexibility index (Phi) is 9.59. The smallest absolute Gasteiger partial charge is 0.101 e. The lowest BCUT2D eigenvalue weighted by molar-refractivity contribution is -0.0787. The molecule has 0 aliphatic rings. The molecule has 0 amide bonds. The zero-order valence-corrected chi connectivity index (χ0v) is 13.9. The lowest BCUT2D eigenvalue weighted by Gasteiger charge is -2.22. The summed E-state index contributed by atoms with van der Waals surface area (Å²) in [6.07, 6.45) is -0.599. The fourth-order valence-corrected chi connectivity index (χ4v) is 1.24. The van der Waals surface area contributed by atoms with Gasteiger partial charge in [0.2, 0.25) is 0 Å². The summed E-state index contributed by atoms with van der Waals surface area (Å²) in [5.41, 5.74) is -0.367. The molecule has 0 aromatic heterocycles. The van der Waals surface area contributed by atoms with Gasteiger partial charge in [-0.3, -0.25) is 0 Å². The molecule has 5 heteroatoms. The molecule has 0 rings (SSSR count). The highest BCUT2D eigenvalue weighted by Crippen LogP contribution is 2.07. The van der Waals surface area contributed by atoms with Crippen LogP contribution in [0.5, 0.6) is 0 Å². The molecule has 0 saturated carbocycles. The molecule has 0 aliphatic carbocycles. The van der Waals surface area contributed by atoms with Gasteiger partial charge in [-0.05, 0) is 41.5 Å². The number of hydrogen-bond donors (Lipinski definition) is 1. The number of ether oxygens (including phenoxy) is 4. The minimum Gasteiger partial charge on any atom is -0.388 e. The minimum atomic E-state index is -0.599. The molecule has 20 heavy (non-hydrogen) atoms. The van der Waals surface area contributed by atoms with Crippen LogP contribution in [-0.2, 0) is 18.9 Å². The lowest BCUT2D eigenvalue weighted by Crippen LogP contribution is -2.29. The Morgan fingerprint density at radius 1 is 0.700 bits per heavy atom. The van der Waals surface area contributed by atoms with Gasteiger partial charge < -0.3 is 24.1 Å². The van der Waals surface area contributed by atoms with Crippen molar-refractivity contribution in [3.63, 3.8) is 0 Å². The van der Waals surface area contributed by atoms with Crippen LogP contribution in [0.2, 0.25) is 0 Å². The normalized spacial score (nSPS) is 14.6. The van der Waals surface area contributed by atoms with Crippen molar-refractivity contribution in [2.75, 3.05) is 39.6 Å². The maximum Gasteiger partial charge on any atom is 0.101 e. The average Bonchev–Trinajstić information content (AvgIpc) is 2.27. The quantitative estimate of drug-likeness (QED) is 0.624. The van der Waals surface area contributed by atoms with Crippen molar-refractivity contribution in [3.05, 3.63) is 0 Å². The summed E-state index contributed by atoms with van der Waals surface area (Å²) >= 11 is 0. The molecule has 0 aliphatic heterocycles. The van der Waals surface area contributed by atoms with E-state index in [1.165, 1.54) is 0 Å². The summed E-state index contributed by atoms with van der Waals surface area (Å²) < 4.78 is 21.6. The molecule has 0 spiro atoms. The molecule has 0 aromatic carbocycles. The second-order valence-electron chi connectivity index (χ2n) is 6.73. The van der Waals surface area contributed by atoms with E-state index in [2.05, 4.69) is 0 Å². The molecule has 0 heterocycles. The monoisotopic (exact) mass is 292 g/mol. The Balaban J connectivity index is 3.32. The second kappa shape index (κ2) is 9.68. The van der Waals surface area contributed by atoms with Gasteiger partial charge in [-0.1, -0.05) is 0 Å². The van der Waals surface area contributed by atoms with Gasteiger partial charge in [-0.15, -0.1) is 0 Å². The Morgan fingerprint density at radius 3 is 1.75 bits per heavy atom. The molecule has 0 radical (unpaired) electrons. The van der Waals surface area contributed by atoms with Gasteiger partial charge >= 0.3 is 0 Å². The van der Waals surface area contributed by atoms with Crippen molar-refractivity contribution in [2.45, 2.75) is 58.8 Å². The third-order valence-electron chi connectivity index (χ3n) is 2.15.